The molecule has 0 unspecified atom stereocenters. The number of rotatable bonds is 4. The Morgan fingerprint density at radius 1 is 1.28 bits per heavy atom. The summed E-state index contributed by atoms with van der Waals surface area (Å²) in [7, 11) is 3.30. The van der Waals surface area contributed by atoms with Crippen molar-refractivity contribution < 1.29 is 13.9 Å². The van der Waals surface area contributed by atoms with Crippen molar-refractivity contribution in [3.8, 4) is 5.75 Å². The van der Waals surface area contributed by atoms with Crippen molar-refractivity contribution in [2.45, 2.75) is 13.0 Å². The Balaban J connectivity index is 1.63. The largest absolute Gasteiger partial charge is 0.494 e. The molecule has 1 aliphatic rings. The van der Waals surface area contributed by atoms with Gasteiger partial charge in [-0.1, -0.05) is 0 Å². The molecule has 0 aliphatic carbocycles. The van der Waals surface area contributed by atoms with Gasteiger partial charge in [0.15, 0.2) is 11.6 Å². The molecule has 0 atom stereocenters. The third-order valence-corrected chi connectivity index (χ3v) is 4.44. The molecule has 0 bridgehead atoms. The van der Waals surface area contributed by atoms with Gasteiger partial charge in [-0.2, -0.15) is 5.10 Å². The number of aromatic nitrogens is 2. The minimum absolute atomic E-state index is 0.0819. The van der Waals surface area contributed by atoms with E-state index in [1.165, 1.54) is 30.9 Å². The molecule has 3 rings (SSSR count). The van der Waals surface area contributed by atoms with E-state index < -0.39 is 5.82 Å². The minimum Gasteiger partial charge on any atom is -0.494 e. The number of hydrogen-bond acceptors (Lipinski definition) is 4. The van der Waals surface area contributed by atoms with Crippen molar-refractivity contribution in [1.29, 1.82) is 0 Å². The van der Waals surface area contributed by atoms with Gasteiger partial charge in [-0.15, -0.1) is 0 Å². The van der Waals surface area contributed by atoms with E-state index in [-0.39, 0.29) is 11.7 Å². The summed E-state index contributed by atoms with van der Waals surface area (Å²) >= 11 is 0. The molecule has 25 heavy (non-hydrogen) atoms. The number of ether oxygens (including phenoxy) is 1. The van der Waals surface area contributed by atoms with Crippen molar-refractivity contribution in [3.05, 3.63) is 47.5 Å². The first kappa shape index (κ1) is 17.4. The van der Waals surface area contributed by atoms with Crippen LogP contribution in [0.15, 0.2) is 30.6 Å². The van der Waals surface area contributed by atoms with Crippen LogP contribution in [0.5, 0.6) is 5.75 Å². The molecule has 1 aromatic heterocycles. The van der Waals surface area contributed by atoms with Gasteiger partial charge in [-0.25, -0.2) is 4.39 Å². The lowest BCUT2D eigenvalue weighted by molar-refractivity contribution is 0.0760. The standard InChI is InChI=1S/C18H23FN4O2/c1-21-12-14(11-20-21)13-22-6-3-7-23(9-8-22)18(24)15-4-5-16(19)17(10-15)25-2/h4-5,10-12H,3,6-9,13H2,1-2H3. The third kappa shape index (κ3) is 4.17. The smallest absolute Gasteiger partial charge is 0.254 e. The summed E-state index contributed by atoms with van der Waals surface area (Å²) < 4.78 is 20.3. The molecule has 7 heteroatoms. The van der Waals surface area contributed by atoms with Crippen LogP contribution >= 0.6 is 0 Å². The Morgan fingerprint density at radius 3 is 2.84 bits per heavy atom. The zero-order valence-electron chi connectivity index (χ0n) is 14.6. The fourth-order valence-corrected chi connectivity index (χ4v) is 3.12. The number of aryl methyl sites for hydroxylation is 1. The van der Waals surface area contributed by atoms with Crippen LogP contribution in [0, 0.1) is 5.82 Å². The molecule has 2 heterocycles. The van der Waals surface area contributed by atoms with Crippen LogP contribution in [-0.2, 0) is 13.6 Å². The van der Waals surface area contributed by atoms with Crippen LogP contribution in [0.25, 0.3) is 0 Å². The Morgan fingerprint density at radius 2 is 2.12 bits per heavy atom. The van der Waals surface area contributed by atoms with Gasteiger partial charge in [0, 0.05) is 57.1 Å². The van der Waals surface area contributed by atoms with Crippen molar-refractivity contribution in [3.63, 3.8) is 0 Å². The molecule has 1 aromatic carbocycles. The van der Waals surface area contributed by atoms with Gasteiger partial charge >= 0.3 is 0 Å². The Labute approximate surface area is 146 Å². The summed E-state index contributed by atoms with van der Waals surface area (Å²) in [5, 5.41) is 4.19. The molecule has 134 valence electrons. The van der Waals surface area contributed by atoms with Crippen LogP contribution in [0.4, 0.5) is 4.39 Å². The van der Waals surface area contributed by atoms with E-state index in [0.717, 1.165) is 26.1 Å². The van der Waals surface area contributed by atoms with Gasteiger partial charge in [-0.3, -0.25) is 14.4 Å². The van der Waals surface area contributed by atoms with Crippen molar-refractivity contribution in [2.24, 2.45) is 7.05 Å². The van der Waals surface area contributed by atoms with Gasteiger partial charge in [0.25, 0.3) is 5.91 Å². The molecule has 0 saturated carbocycles. The molecule has 1 amide bonds. The molecular formula is C18H23FN4O2. The second-order valence-corrected chi connectivity index (χ2v) is 6.29. The van der Waals surface area contributed by atoms with Gasteiger partial charge in [0.05, 0.1) is 13.3 Å². The summed E-state index contributed by atoms with van der Waals surface area (Å²) in [6, 6.07) is 4.26. The van der Waals surface area contributed by atoms with E-state index in [2.05, 4.69) is 10.00 Å². The number of carbonyl (C=O) groups is 1. The molecule has 2 aromatic rings. The number of carbonyl (C=O) groups excluding carboxylic acids is 1. The molecule has 0 radical (unpaired) electrons. The first-order valence-electron chi connectivity index (χ1n) is 8.39. The number of halogens is 1. The minimum atomic E-state index is -0.461. The fourth-order valence-electron chi connectivity index (χ4n) is 3.12. The maximum atomic E-state index is 13.5. The van der Waals surface area contributed by atoms with E-state index in [1.807, 2.05) is 24.3 Å². The first-order chi connectivity index (χ1) is 12.1. The summed E-state index contributed by atoms with van der Waals surface area (Å²) in [5.74, 6) is -0.446. The highest BCUT2D eigenvalue weighted by Gasteiger charge is 2.21. The number of methoxy groups -OCH3 is 1. The van der Waals surface area contributed by atoms with Crippen LogP contribution in [0.2, 0.25) is 0 Å². The Kier molecular flexibility index (Phi) is 5.33. The predicted molar refractivity (Wildman–Crippen MR) is 92.0 cm³/mol. The van der Waals surface area contributed by atoms with E-state index >= 15 is 0 Å². The molecule has 0 spiro atoms. The average Bonchev–Trinajstić information content (AvgIpc) is 2.88. The number of hydrogen-bond donors (Lipinski definition) is 0. The highest BCUT2D eigenvalue weighted by atomic mass is 19.1. The van der Waals surface area contributed by atoms with E-state index in [0.29, 0.717) is 18.7 Å². The SMILES string of the molecule is COc1cc(C(=O)N2CCCN(Cc3cnn(C)c3)CC2)ccc1F. The topological polar surface area (TPSA) is 50.6 Å². The maximum Gasteiger partial charge on any atom is 0.254 e. The maximum absolute atomic E-state index is 13.5. The summed E-state index contributed by atoms with van der Waals surface area (Å²) in [6.07, 6.45) is 4.79. The van der Waals surface area contributed by atoms with Gasteiger partial charge in [0.2, 0.25) is 0 Å². The second-order valence-electron chi connectivity index (χ2n) is 6.29. The lowest BCUT2D eigenvalue weighted by Gasteiger charge is -2.22. The fraction of sp³-hybridized carbons (Fsp3) is 0.444. The zero-order valence-corrected chi connectivity index (χ0v) is 14.6. The van der Waals surface area contributed by atoms with Crippen molar-refractivity contribution in [1.82, 2.24) is 19.6 Å². The second kappa shape index (κ2) is 7.65. The van der Waals surface area contributed by atoms with Crippen LogP contribution < -0.4 is 4.74 Å². The molecule has 6 nitrogen and oxygen atoms in total. The molecule has 1 saturated heterocycles. The third-order valence-electron chi connectivity index (χ3n) is 4.44. The number of benzene rings is 1. The summed E-state index contributed by atoms with van der Waals surface area (Å²) in [6.45, 7) is 3.92. The molecule has 1 aliphatic heterocycles. The highest BCUT2D eigenvalue weighted by molar-refractivity contribution is 5.94. The highest BCUT2D eigenvalue weighted by Crippen LogP contribution is 2.20. The monoisotopic (exact) mass is 346 g/mol. The van der Waals surface area contributed by atoms with E-state index in [9.17, 15) is 9.18 Å². The Bertz CT molecular complexity index is 746. The number of nitrogens with zero attached hydrogens (tertiary/aromatic N) is 4. The van der Waals surface area contributed by atoms with Gasteiger partial charge in [0.1, 0.15) is 0 Å². The van der Waals surface area contributed by atoms with Crippen molar-refractivity contribution in [2.75, 3.05) is 33.3 Å². The van der Waals surface area contributed by atoms with Crippen LogP contribution in [-0.4, -0.2) is 58.8 Å². The van der Waals surface area contributed by atoms with Crippen LogP contribution in [0.3, 0.4) is 0 Å². The van der Waals surface area contributed by atoms with Gasteiger partial charge in [-0.05, 0) is 24.6 Å². The zero-order chi connectivity index (χ0) is 17.8. The Hall–Kier alpha value is -2.41. The number of amides is 1. The average molecular weight is 346 g/mol. The molecular weight excluding hydrogens is 323 g/mol. The quantitative estimate of drug-likeness (QED) is 0.849. The lowest BCUT2D eigenvalue weighted by atomic mass is 10.1. The van der Waals surface area contributed by atoms with E-state index in [4.69, 9.17) is 4.74 Å². The first-order valence-corrected chi connectivity index (χ1v) is 8.39. The van der Waals surface area contributed by atoms with Crippen molar-refractivity contribution >= 4 is 5.91 Å². The van der Waals surface area contributed by atoms with Gasteiger partial charge < -0.3 is 9.64 Å². The summed E-state index contributed by atoms with van der Waals surface area (Å²) in [5.41, 5.74) is 1.63. The lowest BCUT2D eigenvalue weighted by Crippen LogP contribution is -2.35. The molecule has 0 N–H and O–H groups in total. The molecule has 1 fully saturated rings. The van der Waals surface area contributed by atoms with E-state index in [1.54, 1.807) is 4.68 Å². The predicted octanol–water partition coefficient (Wildman–Crippen LogP) is 1.92. The summed E-state index contributed by atoms with van der Waals surface area (Å²) in [4.78, 5) is 16.9. The normalized spacial score (nSPS) is 15.9. The van der Waals surface area contributed by atoms with Crippen LogP contribution in [0.1, 0.15) is 22.3 Å².